The van der Waals surface area contributed by atoms with Crippen LogP contribution >= 0.6 is 15.9 Å². The maximum absolute atomic E-state index is 6.20. The monoisotopic (exact) mass is 303 g/mol. The molecule has 5 heteroatoms. The van der Waals surface area contributed by atoms with Gasteiger partial charge in [-0.3, -0.25) is 4.68 Å². The summed E-state index contributed by atoms with van der Waals surface area (Å²) < 4.78 is 8.39. The molecule has 17 heavy (non-hydrogen) atoms. The average Bonchev–Trinajstić information content (AvgIpc) is 2.56. The Kier molecular flexibility index (Phi) is 4.75. The molecule has 2 N–H and O–H groups in total. The molecule has 1 heterocycles. The highest BCUT2D eigenvalue weighted by Crippen LogP contribution is 2.25. The molecule has 0 aromatic carbocycles. The van der Waals surface area contributed by atoms with Gasteiger partial charge in [-0.1, -0.05) is 6.92 Å². The third-order valence-corrected chi connectivity index (χ3v) is 4.25. The van der Waals surface area contributed by atoms with Gasteiger partial charge < -0.3 is 10.5 Å². The van der Waals surface area contributed by atoms with Crippen LogP contribution in [0.15, 0.2) is 4.47 Å². The number of rotatable bonds is 5. The van der Waals surface area contributed by atoms with Crippen molar-refractivity contribution in [2.45, 2.75) is 45.3 Å². The molecule has 1 aromatic rings. The molecule has 1 atom stereocenters. The largest absolute Gasteiger partial charge is 0.377 e. The van der Waals surface area contributed by atoms with Gasteiger partial charge >= 0.3 is 0 Å². The predicted octanol–water partition coefficient (Wildman–Crippen LogP) is 2.04. The lowest BCUT2D eigenvalue weighted by Gasteiger charge is -2.30. The summed E-state index contributed by atoms with van der Waals surface area (Å²) in [6.45, 7) is 6.10. The maximum Gasteiger partial charge on any atom is 0.0776 e. The van der Waals surface area contributed by atoms with Crippen molar-refractivity contribution < 1.29 is 4.74 Å². The van der Waals surface area contributed by atoms with Crippen LogP contribution in [0.5, 0.6) is 0 Å². The summed E-state index contributed by atoms with van der Waals surface area (Å²) in [5.41, 5.74) is 8.06. The highest BCUT2D eigenvalue weighted by Gasteiger charge is 2.28. The van der Waals surface area contributed by atoms with E-state index >= 15 is 0 Å². The van der Waals surface area contributed by atoms with Crippen molar-refractivity contribution in [2.24, 2.45) is 12.8 Å². The Morgan fingerprint density at radius 3 is 2.53 bits per heavy atom. The van der Waals surface area contributed by atoms with E-state index in [4.69, 9.17) is 10.5 Å². The zero-order chi connectivity index (χ0) is 13.2. The topological polar surface area (TPSA) is 53.1 Å². The second-order valence-electron chi connectivity index (χ2n) is 4.80. The Morgan fingerprint density at radius 1 is 1.53 bits per heavy atom. The van der Waals surface area contributed by atoms with Gasteiger partial charge in [0.25, 0.3) is 0 Å². The van der Waals surface area contributed by atoms with Crippen LogP contribution in [0.25, 0.3) is 0 Å². The Morgan fingerprint density at radius 2 is 2.12 bits per heavy atom. The lowest BCUT2D eigenvalue weighted by atomic mass is 9.95. The smallest absolute Gasteiger partial charge is 0.0776 e. The van der Waals surface area contributed by atoms with E-state index in [0.29, 0.717) is 0 Å². The molecule has 4 nitrogen and oxygen atoms in total. The Labute approximate surface area is 112 Å². The van der Waals surface area contributed by atoms with Crippen LogP contribution in [0, 0.1) is 0 Å². The number of hydrogen-bond donors (Lipinski definition) is 1. The molecule has 0 bridgehead atoms. The minimum absolute atomic E-state index is 0.0658. The van der Waals surface area contributed by atoms with Crippen molar-refractivity contribution in [3.05, 3.63) is 15.9 Å². The molecule has 98 valence electrons. The summed E-state index contributed by atoms with van der Waals surface area (Å²) in [4.78, 5) is 0. The van der Waals surface area contributed by atoms with E-state index in [0.717, 1.165) is 28.7 Å². The van der Waals surface area contributed by atoms with Gasteiger partial charge in [0.15, 0.2) is 0 Å². The molecule has 1 rings (SSSR count). The SMILES string of the molecule is CCc1nn(C)c(CC(N)C(C)(C)OC)c1Br. The normalized spacial score (nSPS) is 14.1. The van der Waals surface area contributed by atoms with Gasteiger partial charge in [-0.05, 0) is 36.2 Å². The zero-order valence-corrected chi connectivity index (χ0v) is 12.8. The first kappa shape index (κ1) is 14.7. The molecular formula is C12H22BrN3O. The fourth-order valence-corrected chi connectivity index (χ4v) is 2.43. The zero-order valence-electron chi connectivity index (χ0n) is 11.2. The minimum Gasteiger partial charge on any atom is -0.377 e. The number of hydrogen-bond acceptors (Lipinski definition) is 3. The average molecular weight is 304 g/mol. The minimum atomic E-state index is -0.337. The van der Waals surface area contributed by atoms with Crippen LogP contribution in [-0.2, 0) is 24.6 Å². The molecule has 1 unspecified atom stereocenters. The highest BCUT2D eigenvalue weighted by atomic mass is 79.9. The first-order valence-corrected chi connectivity index (χ1v) is 6.63. The van der Waals surface area contributed by atoms with E-state index in [1.165, 1.54) is 0 Å². The van der Waals surface area contributed by atoms with Crippen molar-refractivity contribution in [2.75, 3.05) is 7.11 Å². The molecule has 0 aliphatic heterocycles. The fraction of sp³-hybridized carbons (Fsp3) is 0.750. The Bertz CT molecular complexity index is 387. The van der Waals surface area contributed by atoms with Crippen molar-refractivity contribution >= 4 is 15.9 Å². The molecule has 1 aromatic heterocycles. The highest BCUT2D eigenvalue weighted by molar-refractivity contribution is 9.10. The Balaban J connectivity index is 2.92. The van der Waals surface area contributed by atoms with Crippen LogP contribution in [-0.4, -0.2) is 28.5 Å². The lowest BCUT2D eigenvalue weighted by molar-refractivity contribution is 0.000356. The number of aromatic nitrogens is 2. The first-order chi connectivity index (χ1) is 7.83. The van der Waals surface area contributed by atoms with Gasteiger partial charge in [-0.15, -0.1) is 0 Å². The van der Waals surface area contributed by atoms with Crippen LogP contribution in [0.2, 0.25) is 0 Å². The Hall–Kier alpha value is -0.390. The number of aryl methyl sites for hydroxylation is 2. The second kappa shape index (κ2) is 5.50. The molecule has 0 aliphatic rings. The molecule has 0 amide bonds. The van der Waals surface area contributed by atoms with Crippen molar-refractivity contribution in [3.8, 4) is 0 Å². The van der Waals surface area contributed by atoms with E-state index in [1.807, 2.05) is 25.6 Å². The molecule has 0 radical (unpaired) electrons. The third kappa shape index (κ3) is 3.09. The number of ether oxygens (including phenoxy) is 1. The van der Waals surface area contributed by atoms with Crippen LogP contribution in [0.3, 0.4) is 0 Å². The summed E-state index contributed by atoms with van der Waals surface area (Å²) in [5.74, 6) is 0. The lowest BCUT2D eigenvalue weighted by Crippen LogP contribution is -2.46. The summed E-state index contributed by atoms with van der Waals surface area (Å²) in [6, 6.07) is -0.0658. The van der Waals surface area contributed by atoms with E-state index in [-0.39, 0.29) is 11.6 Å². The van der Waals surface area contributed by atoms with E-state index in [9.17, 15) is 0 Å². The third-order valence-electron chi connectivity index (χ3n) is 3.34. The molecule has 0 aliphatic carbocycles. The molecule has 0 saturated heterocycles. The number of methoxy groups -OCH3 is 1. The van der Waals surface area contributed by atoms with E-state index < -0.39 is 0 Å². The fourth-order valence-electron chi connectivity index (χ4n) is 1.65. The predicted molar refractivity (Wildman–Crippen MR) is 73.1 cm³/mol. The number of nitrogens with zero attached hydrogens (tertiary/aromatic N) is 2. The van der Waals surface area contributed by atoms with Crippen molar-refractivity contribution in [1.82, 2.24) is 9.78 Å². The van der Waals surface area contributed by atoms with Gasteiger partial charge in [0.2, 0.25) is 0 Å². The van der Waals surface area contributed by atoms with Gasteiger partial charge in [0.1, 0.15) is 0 Å². The second-order valence-corrected chi connectivity index (χ2v) is 5.60. The van der Waals surface area contributed by atoms with Gasteiger partial charge in [-0.2, -0.15) is 5.10 Å². The summed E-state index contributed by atoms with van der Waals surface area (Å²) in [5, 5.41) is 4.46. The molecule has 0 saturated carbocycles. The number of nitrogens with two attached hydrogens (primary N) is 1. The van der Waals surface area contributed by atoms with Gasteiger partial charge in [0.05, 0.1) is 21.5 Å². The molecular weight excluding hydrogens is 282 g/mol. The standard InChI is InChI=1S/C12H22BrN3O/c1-6-8-11(13)9(16(4)15-8)7-10(14)12(2,3)17-5/h10H,6-7,14H2,1-5H3. The van der Waals surface area contributed by atoms with Crippen molar-refractivity contribution in [1.29, 1.82) is 0 Å². The molecule has 0 fully saturated rings. The van der Waals surface area contributed by atoms with Crippen LogP contribution in [0.1, 0.15) is 32.2 Å². The summed E-state index contributed by atoms with van der Waals surface area (Å²) >= 11 is 3.60. The van der Waals surface area contributed by atoms with Crippen LogP contribution < -0.4 is 5.73 Å². The van der Waals surface area contributed by atoms with E-state index in [2.05, 4.69) is 28.0 Å². The number of halogens is 1. The quantitative estimate of drug-likeness (QED) is 0.905. The van der Waals surface area contributed by atoms with Crippen LogP contribution in [0.4, 0.5) is 0 Å². The first-order valence-electron chi connectivity index (χ1n) is 5.84. The molecule has 0 spiro atoms. The summed E-state index contributed by atoms with van der Waals surface area (Å²) in [6.07, 6.45) is 1.66. The van der Waals surface area contributed by atoms with Crippen molar-refractivity contribution in [3.63, 3.8) is 0 Å². The van der Waals surface area contributed by atoms with Gasteiger partial charge in [-0.25, -0.2) is 0 Å². The summed E-state index contributed by atoms with van der Waals surface area (Å²) in [7, 11) is 3.64. The maximum atomic E-state index is 6.20. The van der Waals surface area contributed by atoms with E-state index in [1.54, 1.807) is 7.11 Å². The van der Waals surface area contributed by atoms with Gasteiger partial charge in [0, 0.05) is 26.6 Å².